The van der Waals surface area contributed by atoms with E-state index in [9.17, 15) is 17.6 Å². The van der Waals surface area contributed by atoms with Crippen LogP contribution in [0.15, 0.2) is 34.5 Å². The minimum Gasteiger partial charge on any atom is -0.478 e. The van der Waals surface area contributed by atoms with E-state index in [2.05, 4.69) is 0 Å². The van der Waals surface area contributed by atoms with E-state index in [1.807, 2.05) is 4.72 Å². The average Bonchev–Trinajstić information content (AvgIpc) is 2.79. The lowest BCUT2D eigenvalue weighted by Gasteiger charge is -2.10. The summed E-state index contributed by atoms with van der Waals surface area (Å²) in [5.41, 5.74) is -1.01. The normalized spacial score (nSPS) is 11.3. The van der Waals surface area contributed by atoms with E-state index in [-0.39, 0.29) is 4.21 Å². The highest BCUT2D eigenvalue weighted by Crippen LogP contribution is 2.26. The summed E-state index contributed by atoms with van der Waals surface area (Å²) in [7, 11) is -4.01. The van der Waals surface area contributed by atoms with Gasteiger partial charge in [0.2, 0.25) is 0 Å². The number of sulfonamides is 1. The Balaban J connectivity index is 2.47. The zero-order valence-corrected chi connectivity index (χ0v) is 11.9. The number of rotatable bonds is 4. The van der Waals surface area contributed by atoms with E-state index >= 15 is 0 Å². The van der Waals surface area contributed by atoms with Crippen LogP contribution in [0, 0.1) is 12.7 Å². The first kappa shape index (κ1) is 14.5. The van der Waals surface area contributed by atoms with Crippen LogP contribution in [0.1, 0.15) is 15.2 Å². The number of carboxylic acid groups (broad SMARTS) is 1. The minimum absolute atomic E-state index is 0.00501. The molecule has 0 fully saturated rings. The Hall–Kier alpha value is -1.93. The smallest absolute Gasteiger partial charge is 0.337 e. The number of thiophene rings is 1. The highest BCUT2D eigenvalue weighted by molar-refractivity contribution is 7.94. The summed E-state index contributed by atoms with van der Waals surface area (Å²) >= 11 is 1.01. The predicted molar refractivity (Wildman–Crippen MR) is 73.2 cm³/mol. The Kier molecular flexibility index (Phi) is 3.78. The fourth-order valence-electron chi connectivity index (χ4n) is 1.55. The number of carbonyl (C=O) groups is 1. The predicted octanol–water partition coefficient (Wildman–Crippen LogP) is 2.69. The number of carboxylic acids is 1. The van der Waals surface area contributed by atoms with E-state index in [1.165, 1.54) is 12.1 Å². The van der Waals surface area contributed by atoms with Gasteiger partial charge in [0.1, 0.15) is 10.0 Å². The van der Waals surface area contributed by atoms with E-state index in [0.717, 1.165) is 28.3 Å². The van der Waals surface area contributed by atoms with Crippen molar-refractivity contribution in [3.8, 4) is 0 Å². The molecule has 2 aromatic rings. The fourth-order valence-corrected chi connectivity index (χ4v) is 3.92. The van der Waals surface area contributed by atoms with E-state index in [1.54, 1.807) is 13.0 Å². The van der Waals surface area contributed by atoms with Crippen molar-refractivity contribution < 1.29 is 22.7 Å². The second kappa shape index (κ2) is 5.22. The van der Waals surface area contributed by atoms with Crippen molar-refractivity contribution in [2.45, 2.75) is 11.1 Å². The number of nitrogens with one attached hydrogen (secondary N) is 1. The van der Waals surface area contributed by atoms with E-state index in [0.29, 0.717) is 0 Å². The lowest BCUT2D eigenvalue weighted by molar-refractivity contribution is 0.0697. The molecule has 0 aliphatic heterocycles. The van der Waals surface area contributed by atoms with Crippen molar-refractivity contribution in [2.75, 3.05) is 4.72 Å². The molecule has 0 spiro atoms. The van der Waals surface area contributed by atoms with Gasteiger partial charge in [-0.1, -0.05) is 6.07 Å². The summed E-state index contributed by atoms with van der Waals surface area (Å²) in [6.07, 6.45) is 0. The van der Waals surface area contributed by atoms with E-state index in [4.69, 9.17) is 5.11 Å². The third kappa shape index (κ3) is 2.81. The lowest BCUT2D eigenvalue weighted by Crippen LogP contribution is -2.15. The Morgan fingerprint density at radius 3 is 2.55 bits per heavy atom. The molecule has 0 saturated carbocycles. The topological polar surface area (TPSA) is 83.5 Å². The maximum absolute atomic E-state index is 13.7. The van der Waals surface area contributed by atoms with Gasteiger partial charge in [0.15, 0.2) is 0 Å². The van der Waals surface area contributed by atoms with Gasteiger partial charge in [-0.25, -0.2) is 17.6 Å². The summed E-state index contributed by atoms with van der Waals surface area (Å²) in [4.78, 5) is 11.8. The third-order valence-electron chi connectivity index (χ3n) is 2.46. The summed E-state index contributed by atoms with van der Waals surface area (Å²) in [6.45, 7) is 1.73. The first-order chi connectivity index (χ1) is 9.31. The van der Waals surface area contributed by atoms with Crippen LogP contribution in [0.3, 0.4) is 0 Å². The zero-order chi connectivity index (χ0) is 14.9. The number of benzene rings is 1. The molecule has 0 amide bonds. The largest absolute Gasteiger partial charge is 0.478 e. The first-order valence-electron chi connectivity index (χ1n) is 5.42. The molecule has 0 bridgehead atoms. The lowest BCUT2D eigenvalue weighted by atomic mass is 10.2. The standard InChI is InChI=1S/C12H10FNO4S2/c1-7-5-6-10(19-7)20(17,18)14-11-8(12(15)16)3-2-4-9(11)13/h2-6,14H,1H3,(H,15,16). The number of hydrogen-bond donors (Lipinski definition) is 2. The van der Waals surface area contributed by atoms with Gasteiger partial charge < -0.3 is 5.11 Å². The van der Waals surface area contributed by atoms with Crippen LogP contribution in [-0.2, 0) is 10.0 Å². The summed E-state index contributed by atoms with van der Waals surface area (Å²) in [5, 5.41) is 8.96. The Morgan fingerprint density at radius 2 is 2.00 bits per heavy atom. The maximum atomic E-state index is 13.7. The van der Waals surface area contributed by atoms with Crippen LogP contribution in [0.25, 0.3) is 0 Å². The summed E-state index contributed by atoms with van der Waals surface area (Å²) < 4.78 is 39.8. The molecule has 1 heterocycles. The maximum Gasteiger partial charge on any atom is 0.337 e. The summed E-state index contributed by atoms with van der Waals surface area (Å²) in [5.74, 6) is -2.36. The number of hydrogen-bond acceptors (Lipinski definition) is 4. The van der Waals surface area contributed by atoms with Gasteiger partial charge in [-0.2, -0.15) is 0 Å². The quantitative estimate of drug-likeness (QED) is 0.908. The van der Waals surface area contributed by atoms with Gasteiger partial charge in [0.05, 0.1) is 11.3 Å². The molecular formula is C12H10FNO4S2. The molecular weight excluding hydrogens is 305 g/mol. The van der Waals surface area contributed by atoms with Gasteiger partial charge >= 0.3 is 5.97 Å². The van der Waals surface area contributed by atoms with Gasteiger partial charge in [-0.15, -0.1) is 11.3 Å². The second-order valence-corrected chi connectivity index (χ2v) is 7.14. The van der Waals surface area contributed by atoms with Crippen molar-refractivity contribution >= 4 is 33.0 Å². The highest BCUT2D eigenvalue weighted by atomic mass is 32.2. The molecule has 0 aliphatic carbocycles. The van der Waals surface area contributed by atoms with E-state index < -0.39 is 33.1 Å². The molecule has 1 aromatic heterocycles. The van der Waals surface area contributed by atoms with Crippen LogP contribution >= 0.6 is 11.3 Å². The molecule has 0 atom stereocenters. The van der Waals surface area contributed by atoms with Crippen molar-refractivity contribution in [3.63, 3.8) is 0 Å². The number of aryl methyl sites for hydroxylation is 1. The SMILES string of the molecule is Cc1ccc(S(=O)(=O)Nc2c(F)cccc2C(=O)O)s1. The molecule has 1 aromatic carbocycles. The van der Waals surface area contributed by atoms with Crippen molar-refractivity contribution in [1.29, 1.82) is 0 Å². The third-order valence-corrected chi connectivity index (χ3v) is 5.30. The monoisotopic (exact) mass is 315 g/mol. The molecule has 106 valence electrons. The van der Waals surface area contributed by atoms with Gasteiger partial charge in [0.25, 0.3) is 10.0 Å². The zero-order valence-electron chi connectivity index (χ0n) is 10.3. The molecule has 20 heavy (non-hydrogen) atoms. The van der Waals surface area contributed by atoms with Crippen LogP contribution < -0.4 is 4.72 Å². The molecule has 2 N–H and O–H groups in total. The number of para-hydroxylation sites is 1. The van der Waals surface area contributed by atoms with Crippen LogP contribution in [0.4, 0.5) is 10.1 Å². The highest BCUT2D eigenvalue weighted by Gasteiger charge is 2.22. The van der Waals surface area contributed by atoms with Crippen molar-refractivity contribution in [2.24, 2.45) is 0 Å². The minimum atomic E-state index is -4.01. The van der Waals surface area contributed by atoms with Gasteiger partial charge in [-0.05, 0) is 31.2 Å². The Bertz CT molecular complexity index is 768. The van der Waals surface area contributed by atoms with Gasteiger partial charge in [0, 0.05) is 4.88 Å². The molecule has 5 nitrogen and oxygen atoms in total. The molecule has 0 saturated heterocycles. The molecule has 0 radical (unpaired) electrons. The molecule has 0 aliphatic rings. The number of halogens is 1. The average molecular weight is 315 g/mol. The fraction of sp³-hybridized carbons (Fsp3) is 0.0833. The number of aromatic carboxylic acids is 1. The van der Waals surface area contributed by atoms with Crippen LogP contribution in [-0.4, -0.2) is 19.5 Å². The molecule has 0 unspecified atom stereocenters. The molecule has 2 rings (SSSR count). The van der Waals surface area contributed by atoms with Crippen LogP contribution in [0.5, 0.6) is 0 Å². The molecule has 8 heteroatoms. The van der Waals surface area contributed by atoms with Crippen molar-refractivity contribution in [1.82, 2.24) is 0 Å². The van der Waals surface area contributed by atoms with Crippen molar-refractivity contribution in [3.05, 3.63) is 46.6 Å². The summed E-state index contributed by atoms with van der Waals surface area (Å²) in [6, 6.07) is 6.31. The number of anilines is 1. The first-order valence-corrected chi connectivity index (χ1v) is 7.72. The second-order valence-electron chi connectivity index (χ2n) is 3.94. The Labute approximate surface area is 118 Å². The Morgan fingerprint density at radius 1 is 1.30 bits per heavy atom. The van der Waals surface area contributed by atoms with Crippen LogP contribution in [0.2, 0.25) is 0 Å². The van der Waals surface area contributed by atoms with Gasteiger partial charge in [-0.3, -0.25) is 4.72 Å².